The van der Waals surface area contributed by atoms with E-state index in [0.717, 1.165) is 0 Å². The van der Waals surface area contributed by atoms with Gasteiger partial charge in [0.1, 0.15) is 0 Å². The van der Waals surface area contributed by atoms with E-state index in [0.29, 0.717) is 6.04 Å². The van der Waals surface area contributed by atoms with Gasteiger partial charge in [-0.25, -0.2) is 0 Å². The molecule has 0 unspecified atom stereocenters. The Morgan fingerprint density at radius 3 is 2.17 bits per heavy atom. The molecule has 1 fully saturated rings. The molecule has 0 aliphatic heterocycles. The van der Waals surface area contributed by atoms with Crippen molar-refractivity contribution >= 4 is 5.91 Å². The molecule has 0 aromatic rings. The van der Waals surface area contributed by atoms with Gasteiger partial charge in [-0.1, -0.05) is 33.6 Å². The molecule has 0 aromatic heterocycles. The van der Waals surface area contributed by atoms with Crippen LogP contribution in [-0.4, -0.2) is 11.9 Å². The van der Waals surface area contributed by atoms with Gasteiger partial charge in [-0.2, -0.15) is 0 Å². The second-order valence-corrected chi connectivity index (χ2v) is 4.70. The van der Waals surface area contributed by atoms with E-state index >= 15 is 0 Å². The summed E-state index contributed by atoms with van der Waals surface area (Å²) in [5, 5.41) is 3.08. The van der Waals surface area contributed by atoms with Crippen molar-refractivity contribution in [1.29, 1.82) is 0 Å². The molecular formula is C10H19NO. The number of carbonyl (C=O) groups excluding carboxylic acids is 1. The van der Waals surface area contributed by atoms with Crippen molar-refractivity contribution in [3.63, 3.8) is 0 Å². The predicted molar refractivity (Wildman–Crippen MR) is 49.9 cm³/mol. The average molecular weight is 169 g/mol. The van der Waals surface area contributed by atoms with Crippen molar-refractivity contribution in [3.05, 3.63) is 0 Å². The Hall–Kier alpha value is -0.530. The first-order chi connectivity index (χ1) is 5.50. The fourth-order valence-corrected chi connectivity index (χ4v) is 1.47. The summed E-state index contributed by atoms with van der Waals surface area (Å²) in [5.41, 5.74) is -0.234. The molecule has 1 aliphatic rings. The number of hydrogen-bond acceptors (Lipinski definition) is 1. The zero-order chi connectivity index (χ0) is 9.19. The first kappa shape index (κ1) is 9.56. The normalized spacial score (nSPS) is 19.6. The van der Waals surface area contributed by atoms with Crippen molar-refractivity contribution in [2.24, 2.45) is 5.41 Å². The van der Waals surface area contributed by atoms with Crippen LogP contribution in [0.3, 0.4) is 0 Å². The summed E-state index contributed by atoms with van der Waals surface area (Å²) in [6.45, 7) is 5.87. The minimum Gasteiger partial charge on any atom is -0.353 e. The topological polar surface area (TPSA) is 29.1 Å². The van der Waals surface area contributed by atoms with E-state index in [9.17, 15) is 4.79 Å². The van der Waals surface area contributed by atoms with Crippen LogP contribution in [0.25, 0.3) is 0 Å². The average Bonchev–Trinajstić information content (AvgIpc) is 2.37. The van der Waals surface area contributed by atoms with E-state index in [4.69, 9.17) is 0 Å². The van der Waals surface area contributed by atoms with Gasteiger partial charge in [0.2, 0.25) is 5.91 Å². The number of rotatable bonds is 1. The molecule has 0 heterocycles. The molecule has 0 spiro atoms. The molecule has 2 nitrogen and oxygen atoms in total. The minimum atomic E-state index is -0.234. The Balaban J connectivity index is 2.35. The second kappa shape index (κ2) is 3.46. The maximum atomic E-state index is 11.5. The van der Waals surface area contributed by atoms with Gasteiger partial charge in [0, 0.05) is 11.5 Å². The zero-order valence-corrected chi connectivity index (χ0v) is 8.31. The van der Waals surface area contributed by atoms with Crippen molar-refractivity contribution in [3.8, 4) is 0 Å². The standard InChI is InChI=1S/C10H19NO/c1-10(2,3)9(12)11-8-6-4-5-7-8/h8H,4-7H2,1-3H3,(H,11,12). The molecule has 1 saturated carbocycles. The summed E-state index contributed by atoms with van der Waals surface area (Å²) in [6.07, 6.45) is 4.88. The number of amides is 1. The van der Waals surface area contributed by atoms with Gasteiger partial charge in [0.15, 0.2) is 0 Å². The molecule has 12 heavy (non-hydrogen) atoms. The van der Waals surface area contributed by atoms with Crippen LogP contribution >= 0.6 is 0 Å². The summed E-state index contributed by atoms with van der Waals surface area (Å²) < 4.78 is 0. The monoisotopic (exact) mass is 169 g/mol. The zero-order valence-electron chi connectivity index (χ0n) is 8.31. The van der Waals surface area contributed by atoms with Crippen LogP contribution < -0.4 is 5.32 Å². The van der Waals surface area contributed by atoms with Gasteiger partial charge in [-0.05, 0) is 12.8 Å². The van der Waals surface area contributed by atoms with E-state index in [1.807, 2.05) is 20.8 Å². The molecule has 0 bridgehead atoms. The lowest BCUT2D eigenvalue weighted by atomic mass is 9.95. The van der Waals surface area contributed by atoms with Crippen molar-refractivity contribution in [2.45, 2.75) is 52.5 Å². The SMILES string of the molecule is CC(C)(C)C(=O)NC1CCCC1. The molecule has 0 radical (unpaired) electrons. The molecule has 1 amide bonds. The van der Waals surface area contributed by atoms with Crippen LogP contribution in [0.5, 0.6) is 0 Å². The van der Waals surface area contributed by atoms with Crippen LogP contribution in [0, 0.1) is 5.41 Å². The number of hydrogen-bond donors (Lipinski definition) is 1. The maximum Gasteiger partial charge on any atom is 0.225 e. The fraction of sp³-hybridized carbons (Fsp3) is 0.900. The van der Waals surface area contributed by atoms with E-state index in [1.165, 1.54) is 25.7 Å². The number of carbonyl (C=O) groups is 1. The van der Waals surface area contributed by atoms with Crippen LogP contribution in [0.1, 0.15) is 46.5 Å². The van der Waals surface area contributed by atoms with Crippen LogP contribution in [0.2, 0.25) is 0 Å². The largest absolute Gasteiger partial charge is 0.353 e. The Morgan fingerprint density at radius 2 is 1.75 bits per heavy atom. The summed E-state index contributed by atoms with van der Waals surface area (Å²) in [4.78, 5) is 11.5. The molecule has 1 N–H and O–H groups in total. The molecule has 1 rings (SSSR count). The highest BCUT2D eigenvalue weighted by molar-refractivity contribution is 5.81. The maximum absolute atomic E-state index is 11.5. The van der Waals surface area contributed by atoms with Gasteiger partial charge in [-0.3, -0.25) is 4.79 Å². The Bertz CT molecular complexity index is 163. The Morgan fingerprint density at radius 1 is 1.25 bits per heavy atom. The molecule has 1 aliphatic carbocycles. The van der Waals surface area contributed by atoms with Gasteiger partial charge in [-0.15, -0.1) is 0 Å². The van der Waals surface area contributed by atoms with Gasteiger partial charge in [0.25, 0.3) is 0 Å². The third-order valence-electron chi connectivity index (χ3n) is 2.37. The highest BCUT2D eigenvalue weighted by Gasteiger charge is 2.25. The highest BCUT2D eigenvalue weighted by atomic mass is 16.2. The lowest BCUT2D eigenvalue weighted by molar-refractivity contribution is -0.129. The Kier molecular flexibility index (Phi) is 2.76. The van der Waals surface area contributed by atoms with E-state index in [1.54, 1.807) is 0 Å². The lowest BCUT2D eigenvalue weighted by Crippen LogP contribution is -2.40. The first-order valence-corrected chi connectivity index (χ1v) is 4.81. The van der Waals surface area contributed by atoms with Gasteiger partial charge in [0.05, 0.1) is 0 Å². The van der Waals surface area contributed by atoms with E-state index in [2.05, 4.69) is 5.32 Å². The predicted octanol–water partition coefficient (Wildman–Crippen LogP) is 2.09. The van der Waals surface area contributed by atoms with Crippen LogP contribution in [0.15, 0.2) is 0 Å². The third kappa shape index (κ3) is 2.50. The molecule has 70 valence electrons. The van der Waals surface area contributed by atoms with Crippen molar-refractivity contribution in [2.75, 3.05) is 0 Å². The molecule has 0 aromatic carbocycles. The summed E-state index contributed by atoms with van der Waals surface area (Å²) in [6, 6.07) is 0.455. The molecule has 0 saturated heterocycles. The lowest BCUT2D eigenvalue weighted by Gasteiger charge is -2.21. The van der Waals surface area contributed by atoms with Crippen LogP contribution in [0.4, 0.5) is 0 Å². The fourth-order valence-electron chi connectivity index (χ4n) is 1.47. The summed E-state index contributed by atoms with van der Waals surface area (Å²) >= 11 is 0. The molecular weight excluding hydrogens is 150 g/mol. The smallest absolute Gasteiger partial charge is 0.225 e. The van der Waals surface area contributed by atoms with Crippen molar-refractivity contribution < 1.29 is 4.79 Å². The van der Waals surface area contributed by atoms with Crippen molar-refractivity contribution in [1.82, 2.24) is 5.32 Å². The highest BCUT2D eigenvalue weighted by Crippen LogP contribution is 2.20. The second-order valence-electron chi connectivity index (χ2n) is 4.70. The quantitative estimate of drug-likeness (QED) is 0.640. The van der Waals surface area contributed by atoms with E-state index < -0.39 is 0 Å². The minimum absolute atomic E-state index is 0.189. The molecule has 0 atom stereocenters. The first-order valence-electron chi connectivity index (χ1n) is 4.81. The molecule has 2 heteroatoms. The van der Waals surface area contributed by atoms with Gasteiger partial charge < -0.3 is 5.32 Å². The third-order valence-corrected chi connectivity index (χ3v) is 2.37. The summed E-state index contributed by atoms with van der Waals surface area (Å²) in [7, 11) is 0. The Labute approximate surface area is 74.7 Å². The van der Waals surface area contributed by atoms with Crippen LogP contribution in [-0.2, 0) is 4.79 Å². The summed E-state index contributed by atoms with van der Waals surface area (Å²) in [5.74, 6) is 0.189. The number of nitrogens with one attached hydrogen (secondary N) is 1. The van der Waals surface area contributed by atoms with Gasteiger partial charge >= 0.3 is 0 Å². The van der Waals surface area contributed by atoms with E-state index in [-0.39, 0.29) is 11.3 Å².